The Morgan fingerprint density at radius 2 is 1.97 bits per heavy atom. The Balaban J connectivity index is 1.39. The van der Waals surface area contributed by atoms with Crippen LogP contribution in [0.4, 0.5) is 18.9 Å². The number of rotatable bonds is 7. The van der Waals surface area contributed by atoms with Crippen LogP contribution in [0.5, 0.6) is 11.5 Å². The van der Waals surface area contributed by atoms with Crippen LogP contribution in [0.25, 0.3) is 0 Å². The zero-order valence-electron chi connectivity index (χ0n) is 20.3. The predicted octanol–water partition coefficient (Wildman–Crippen LogP) is 4.99. The minimum absolute atomic E-state index is 0.125. The average molecular weight is 491 g/mol. The molecule has 1 saturated heterocycles. The van der Waals surface area contributed by atoms with Crippen LogP contribution in [0.1, 0.15) is 56.0 Å². The summed E-state index contributed by atoms with van der Waals surface area (Å²) >= 11 is 0. The zero-order valence-corrected chi connectivity index (χ0v) is 20.3. The van der Waals surface area contributed by atoms with Crippen LogP contribution < -0.4 is 14.8 Å². The third-order valence-corrected chi connectivity index (χ3v) is 7.24. The van der Waals surface area contributed by atoms with Crippen molar-refractivity contribution in [2.24, 2.45) is 0 Å². The van der Waals surface area contributed by atoms with Crippen LogP contribution in [0.3, 0.4) is 0 Å². The van der Waals surface area contributed by atoms with Crippen molar-refractivity contribution >= 4 is 5.69 Å². The van der Waals surface area contributed by atoms with Gasteiger partial charge in [0.2, 0.25) is 6.79 Å². The van der Waals surface area contributed by atoms with Gasteiger partial charge in [-0.1, -0.05) is 13.3 Å². The molecule has 0 amide bonds. The fourth-order valence-corrected chi connectivity index (χ4v) is 5.51. The second kappa shape index (κ2) is 9.85. The molecule has 0 bridgehead atoms. The van der Waals surface area contributed by atoms with Crippen molar-refractivity contribution in [3.05, 3.63) is 47.3 Å². The molecule has 190 valence electrons. The Kier molecular flexibility index (Phi) is 6.81. The highest BCUT2D eigenvalue weighted by Gasteiger charge is 2.42. The number of likely N-dealkylation sites (tertiary alicyclic amines) is 1. The van der Waals surface area contributed by atoms with E-state index in [0.717, 1.165) is 42.9 Å². The van der Waals surface area contributed by atoms with Crippen LogP contribution in [-0.2, 0) is 6.42 Å². The van der Waals surface area contributed by atoms with Crippen molar-refractivity contribution in [2.45, 2.75) is 63.8 Å². The number of hydrogen-bond acceptors (Lipinski definition) is 6. The molecule has 6 nitrogen and oxygen atoms in total. The number of pyridine rings is 1. The third kappa shape index (κ3) is 5.35. The maximum Gasteiger partial charge on any atom is 0.401 e. The molecule has 35 heavy (non-hydrogen) atoms. The molecule has 1 aromatic carbocycles. The average Bonchev–Trinajstić information content (AvgIpc) is 3.46. The molecular weight excluding hydrogens is 457 g/mol. The maximum atomic E-state index is 13.6. The zero-order chi connectivity index (χ0) is 24.6. The van der Waals surface area contributed by atoms with Crippen molar-refractivity contribution in [3.8, 4) is 11.5 Å². The molecular formula is C26H33F3N4O2. The lowest BCUT2D eigenvalue weighted by molar-refractivity contribution is -0.155. The van der Waals surface area contributed by atoms with Crippen molar-refractivity contribution < 1.29 is 22.6 Å². The quantitative estimate of drug-likeness (QED) is 0.590. The first-order valence-electron chi connectivity index (χ1n) is 12.5. The van der Waals surface area contributed by atoms with Crippen molar-refractivity contribution in [1.29, 1.82) is 0 Å². The third-order valence-electron chi connectivity index (χ3n) is 7.24. The molecule has 3 aliphatic rings. The van der Waals surface area contributed by atoms with E-state index < -0.39 is 18.8 Å². The Bertz CT molecular complexity index is 1030. The summed E-state index contributed by atoms with van der Waals surface area (Å²) in [5.74, 6) is 1.22. The van der Waals surface area contributed by atoms with E-state index in [1.54, 1.807) is 6.20 Å². The van der Waals surface area contributed by atoms with E-state index in [0.29, 0.717) is 29.7 Å². The summed E-state index contributed by atoms with van der Waals surface area (Å²) in [6.07, 6.45) is 1.42. The Hall–Kier alpha value is -2.52. The number of nitrogens with one attached hydrogen (secondary N) is 1. The van der Waals surface area contributed by atoms with E-state index in [-0.39, 0.29) is 12.8 Å². The summed E-state index contributed by atoms with van der Waals surface area (Å²) in [6, 6.07) is 6.97. The molecule has 3 atom stereocenters. The lowest BCUT2D eigenvalue weighted by Crippen LogP contribution is -2.47. The Morgan fingerprint density at radius 3 is 2.69 bits per heavy atom. The van der Waals surface area contributed by atoms with Crippen LogP contribution in [0.15, 0.2) is 30.5 Å². The fourth-order valence-electron chi connectivity index (χ4n) is 5.51. The number of anilines is 1. The number of benzene rings is 1. The van der Waals surface area contributed by atoms with Gasteiger partial charge in [-0.05, 0) is 68.1 Å². The van der Waals surface area contributed by atoms with Gasteiger partial charge >= 0.3 is 6.18 Å². The van der Waals surface area contributed by atoms with Crippen molar-refractivity contribution in [1.82, 2.24) is 14.8 Å². The highest BCUT2D eigenvalue weighted by atomic mass is 19.4. The van der Waals surface area contributed by atoms with Gasteiger partial charge in [-0.3, -0.25) is 9.88 Å². The molecule has 1 aromatic heterocycles. The van der Waals surface area contributed by atoms with Gasteiger partial charge in [-0.2, -0.15) is 13.2 Å². The molecule has 5 rings (SSSR count). The largest absolute Gasteiger partial charge is 0.454 e. The Morgan fingerprint density at radius 1 is 1.17 bits per heavy atom. The van der Waals surface area contributed by atoms with E-state index >= 15 is 0 Å². The summed E-state index contributed by atoms with van der Waals surface area (Å²) in [4.78, 5) is 8.64. The lowest BCUT2D eigenvalue weighted by atomic mass is 9.86. The predicted molar refractivity (Wildman–Crippen MR) is 128 cm³/mol. The molecule has 3 aliphatic heterocycles. The monoisotopic (exact) mass is 490 g/mol. The second-order valence-corrected chi connectivity index (χ2v) is 9.90. The topological polar surface area (TPSA) is 49.9 Å². The standard InChI is InChI=1S/C26H33F3N4O2/c1-3-4-8-32-9-7-20(14-32)31-19-5-6-22(30-13-19)25-21-12-24-23(34-16-35-24)11-18(21)10-17(2)33(25)15-26(27,28)29/h5-6,11-13,17,20,25,31H,3-4,7-10,14-16H2,1-2H3/t17-,20+,25+/m1/s1. The van der Waals surface area contributed by atoms with Crippen LogP contribution in [-0.4, -0.2) is 66.0 Å². The maximum absolute atomic E-state index is 13.6. The number of ether oxygens (including phenoxy) is 2. The molecule has 1 fully saturated rings. The summed E-state index contributed by atoms with van der Waals surface area (Å²) in [5, 5.41) is 3.55. The second-order valence-electron chi connectivity index (χ2n) is 9.90. The number of halogens is 3. The molecule has 9 heteroatoms. The summed E-state index contributed by atoms with van der Waals surface area (Å²) < 4.78 is 51.8. The van der Waals surface area contributed by atoms with Crippen LogP contribution in [0.2, 0.25) is 0 Å². The normalized spacial score (nSPS) is 24.5. The highest BCUT2D eigenvalue weighted by molar-refractivity contribution is 5.53. The number of aromatic nitrogens is 1. The minimum atomic E-state index is -4.31. The number of alkyl halides is 3. The summed E-state index contributed by atoms with van der Waals surface area (Å²) in [7, 11) is 0. The molecule has 0 aliphatic carbocycles. The van der Waals surface area contributed by atoms with E-state index in [1.165, 1.54) is 17.7 Å². The van der Waals surface area contributed by atoms with E-state index in [4.69, 9.17) is 9.47 Å². The minimum Gasteiger partial charge on any atom is -0.454 e. The van der Waals surface area contributed by atoms with Gasteiger partial charge in [0.15, 0.2) is 11.5 Å². The SMILES string of the molecule is CCCCN1CC[C@H](Nc2ccc([C@@H]3c4cc5c(cc4C[C@@H](C)N3CC(F)(F)F)OCO5)nc2)C1. The lowest BCUT2D eigenvalue weighted by Gasteiger charge is -2.42. The molecule has 1 N–H and O–H groups in total. The van der Waals surface area contributed by atoms with Gasteiger partial charge in [-0.25, -0.2) is 0 Å². The smallest absolute Gasteiger partial charge is 0.401 e. The first-order valence-corrected chi connectivity index (χ1v) is 12.5. The number of unbranched alkanes of at least 4 members (excludes halogenated alkanes) is 1. The van der Waals surface area contributed by atoms with E-state index in [1.807, 2.05) is 31.2 Å². The van der Waals surface area contributed by atoms with Gasteiger partial charge < -0.3 is 19.7 Å². The van der Waals surface area contributed by atoms with Crippen molar-refractivity contribution in [2.75, 3.05) is 38.3 Å². The van der Waals surface area contributed by atoms with Crippen molar-refractivity contribution in [3.63, 3.8) is 0 Å². The van der Waals surface area contributed by atoms with Crippen LogP contribution in [0, 0.1) is 0 Å². The number of nitrogens with zero attached hydrogens (tertiary/aromatic N) is 3. The van der Waals surface area contributed by atoms with Crippen LogP contribution >= 0.6 is 0 Å². The van der Waals surface area contributed by atoms with Gasteiger partial charge in [0.05, 0.1) is 30.2 Å². The first kappa shape index (κ1) is 24.2. The van der Waals surface area contributed by atoms with E-state index in [9.17, 15) is 13.2 Å². The fraction of sp³-hybridized carbons (Fsp3) is 0.577. The van der Waals surface area contributed by atoms with E-state index in [2.05, 4.69) is 22.1 Å². The molecule has 0 spiro atoms. The van der Waals surface area contributed by atoms with Gasteiger partial charge in [0, 0.05) is 25.2 Å². The molecule has 0 saturated carbocycles. The molecule has 2 aromatic rings. The molecule has 0 unspecified atom stereocenters. The molecule has 4 heterocycles. The highest BCUT2D eigenvalue weighted by Crippen LogP contribution is 2.44. The number of hydrogen-bond donors (Lipinski definition) is 1. The number of fused-ring (bicyclic) bond motifs is 2. The molecule has 0 radical (unpaired) electrons. The summed E-state index contributed by atoms with van der Waals surface area (Å²) in [6.45, 7) is 6.38. The van der Waals surface area contributed by atoms with Gasteiger partial charge in [0.1, 0.15) is 0 Å². The van der Waals surface area contributed by atoms with Gasteiger partial charge in [-0.15, -0.1) is 0 Å². The first-order chi connectivity index (χ1) is 16.8. The summed E-state index contributed by atoms with van der Waals surface area (Å²) in [5.41, 5.74) is 3.27. The van der Waals surface area contributed by atoms with Gasteiger partial charge in [0.25, 0.3) is 0 Å². The Labute approximate surface area is 204 Å².